The first-order valence-electron chi connectivity index (χ1n) is 5.44. The van der Waals surface area contributed by atoms with Crippen molar-refractivity contribution < 1.29 is 8.42 Å². The summed E-state index contributed by atoms with van der Waals surface area (Å²) >= 11 is 0. The predicted molar refractivity (Wildman–Crippen MR) is 70.4 cm³/mol. The van der Waals surface area contributed by atoms with E-state index in [0.717, 1.165) is 5.39 Å². The molecule has 2 rings (SSSR count). The molecule has 0 saturated heterocycles. The minimum atomic E-state index is -3.44. The van der Waals surface area contributed by atoms with Crippen LogP contribution in [0.2, 0.25) is 0 Å². The van der Waals surface area contributed by atoms with Crippen LogP contribution in [0, 0.1) is 0 Å². The predicted octanol–water partition coefficient (Wildman–Crippen LogP) is 0.819. The molecule has 0 saturated carbocycles. The molecule has 0 bridgehead atoms. The smallest absolute Gasteiger partial charge is 0.240 e. The van der Waals surface area contributed by atoms with Crippen LogP contribution < -0.4 is 16.0 Å². The molecule has 0 unspecified atom stereocenters. The van der Waals surface area contributed by atoms with Crippen LogP contribution in [-0.2, 0) is 10.0 Å². The highest BCUT2D eigenvalue weighted by molar-refractivity contribution is 7.89. The van der Waals surface area contributed by atoms with Crippen molar-refractivity contribution in [3.63, 3.8) is 0 Å². The third-order valence-corrected chi connectivity index (χ3v) is 4.00. The molecule has 0 radical (unpaired) electrons. The zero-order valence-corrected chi connectivity index (χ0v) is 10.7. The normalized spacial score (nSPS) is 11.7. The van der Waals surface area contributed by atoms with Crippen LogP contribution in [0.5, 0.6) is 0 Å². The molecule has 4 N–H and O–H groups in total. The van der Waals surface area contributed by atoms with Crippen LogP contribution in [0.15, 0.2) is 35.2 Å². The fraction of sp³-hybridized carbons (Fsp3) is 0.182. The molecule has 0 aliphatic carbocycles. The van der Waals surface area contributed by atoms with Gasteiger partial charge in [0.2, 0.25) is 10.0 Å². The van der Waals surface area contributed by atoms with Gasteiger partial charge in [0.1, 0.15) is 5.82 Å². The second kappa shape index (κ2) is 4.89. The fourth-order valence-corrected chi connectivity index (χ4v) is 2.70. The van der Waals surface area contributed by atoms with E-state index >= 15 is 0 Å². The van der Waals surface area contributed by atoms with Gasteiger partial charge in [0, 0.05) is 11.9 Å². The van der Waals surface area contributed by atoms with Crippen molar-refractivity contribution in [2.75, 3.05) is 12.0 Å². The molecular weight excluding hydrogens is 252 g/mol. The van der Waals surface area contributed by atoms with Crippen LogP contribution in [-0.4, -0.2) is 19.9 Å². The zero-order chi connectivity index (χ0) is 13.2. The standard InChI is InChI=1S/C11H14N4O2S/c1-2-13-18(16,17)9-4-5-10-8(7-9)3-6-11(14-10)15-12/h3-7,13H,2,12H2,1H3,(H,14,15). The summed E-state index contributed by atoms with van der Waals surface area (Å²) in [6.45, 7) is 2.09. The Morgan fingerprint density at radius 2 is 2.06 bits per heavy atom. The molecule has 0 spiro atoms. The topological polar surface area (TPSA) is 97.1 Å². The lowest BCUT2D eigenvalue weighted by Gasteiger charge is -2.06. The van der Waals surface area contributed by atoms with Crippen LogP contribution in [0.4, 0.5) is 5.82 Å². The molecule has 2 aromatic rings. The largest absolute Gasteiger partial charge is 0.308 e. The fourth-order valence-electron chi connectivity index (χ4n) is 1.62. The average molecular weight is 266 g/mol. The van der Waals surface area contributed by atoms with Crippen LogP contribution in [0.1, 0.15) is 6.92 Å². The van der Waals surface area contributed by atoms with Crippen molar-refractivity contribution in [3.8, 4) is 0 Å². The van der Waals surface area contributed by atoms with Crippen LogP contribution >= 0.6 is 0 Å². The lowest BCUT2D eigenvalue weighted by atomic mass is 10.2. The van der Waals surface area contributed by atoms with Gasteiger partial charge < -0.3 is 5.43 Å². The van der Waals surface area contributed by atoms with Crippen LogP contribution in [0.3, 0.4) is 0 Å². The molecule has 0 aliphatic rings. The van der Waals surface area contributed by atoms with E-state index in [1.54, 1.807) is 31.2 Å². The van der Waals surface area contributed by atoms with E-state index < -0.39 is 10.0 Å². The van der Waals surface area contributed by atoms with E-state index in [9.17, 15) is 8.42 Å². The Hall–Kier alpha value is -1.70. The number of pyridine rings is 1. The number of hydrogen-bond acceptors (Lipinski definition) is 5. The van der Waals surface area contributed by atoms with E-state index in [4.69, 9.17) is 5.84 Å². The summed E-state index contributed by atoms with van der Waals surface area (Å²) in [6.07, 6.45) is 0. The monoisotopic (exact) mass is 266 g/mol. The summed E-state index contributed by atoms with van der Waals surface area (Å²) in [6, 6.07) is 8.21. The first kappa shape index (κ1) is 12.7. The molecule has 0 aliphatic heterocycles. The van der Waals surface area contributed by atoms with Crippen molar-refractivity contribution in [1.29, 1.82) is 0 Å². The summed E-state index contributed by atoms with van der Waals surface area (Å²) in [5, 5.41) is 0.743. The van der Waals surface area contributed by atoms with Gasteiger partial charge in [-0.2, -0.15) is 0 Å². The minimum absolute atomic E-state index is 0.229. The van der Waals surface area contributed by atoms with Gasteiger partial charge in [0.05, 0.1) is 10.4 Å². The SMILES string of the molecule is CCNS(=O)(=O)c1ccc2nc(NN)ccc2c1. The van der Waals surface area contributed by atoms with Crippen molar-refractivity contribution >= 4 is 26.7 Å². The molecule has 0 amide bonds. The van der Waals surface area contributed by atoms with Crippen LogP contribution in [0.25, 0.3) is 10.9 Å². The molecule has 0 fully saturated rings. The summed E-state index contributed by atoms with van der Waals surface area (Å²) in [4.78, 5) is 4.44. The van der Waals surface area contributed by atoms with Gasteiger partial charge in [0.25, 0.3) is 0 Å². The number of sulfonamides is 1. The highest BCUT2D eigenvalue weighted by Gasteiger charge is 2.13. The molecule has 18 heavy (non-hydrogen) atoms. The van der Waals surface area contributed by atoms with Gasteiger partial charge >= 0.3 is 0 Å². The average Bonchev–Trinajstić information content (AvgIpc) is 2.37. The summed E-state index contributed by atoms with van der Waals surface area (Å²) in [7, 11) is -3.44. The highest BCUT2D eigenvalue weighted by atomic mass is 32.2. The van der Waals surface area contributed by atoms with E-state index in [-0.39, 0.29) is 4.90 Å². The first-order chi connectivity index (χ1) is 8.56. The molecule has 1 aromatic carbocycles. The lowest BCUT2D eigenvalue weighted by molar-refractivity contribution is 0.584. The third kappa shape index (κ3) is 2.42. The number of nitrogens with one attached hydrogen (secondary N) is 2. The van der Waals surface area contributed by atoms with E-state index in [0.29, 0.717) is 17.9 Å². The molecule has 6 nitrogen and oxygen atoms in total. The van der Waals surface area contributed by atoms with E-state index in [2.05, 4.69) is 15.1 Å². The van der Waals surface area contributed by atoms with E-state index in [1.165, 1.54) is 6.07 Å². The number of nitrogens with two attached hydrogens (primary N) is 1. The summed E-state index contributed by atoms with van der Waals surface area (Å²) in [5.74, 6) is 5.79. The Kier molecular flexibility index (Phi) is 3.46. The molecule has 7 heteroatoms. The maximum atomic E-state index is 11.8. The maximum absolute atomic E-state index is 11.8. The van der Waals surface area contributed by atoms with Gasteiger partial charge in [-0.1, -0.05) is 6.92 Å². The third-order valence-electron chi connectivity index (χ3n) is 2.45. The molecule has 1 aromatic heterocycles. The number of anilines is 1. The van der Waals surface area contributed by atoms with Crippen molar-refractivity contribution in [3.05, 3.63) is 30.3 Å². The summed E-state index contributed by atoms with van der Waals surface area (Å²) < 4.78 is 26.1. The second-order valence-electron chi connectivity index (χ2n) is 3.70. The quantitative estimate of drug-likeness (QED) is 0.562. The van der Waals surface area contributed by atoms with Gasteiger partial charge in [-0.15, -0.1) is 0 Å². The Balaban J connectivity index is 2.52. The Labute approximate surface area is 105 Å². The number of nitrogen functional groups attached to an aromatic ring is 1. The number of benzene rings is 1. The highest BCUT2D eigenvalue weighted by Crippen LogP contribution is 2.19. The van der Waals surface area contributed by atoms with Crippen molar-refractivity contribution in [1.82, 2.24) is 9.71 Å². The number of hydrazine groups is 1. The number of rotatable bonds is 4. The summed E-state index contributed by atoms with van der Waals surface area (Å²) in [5.41, 5.74) is 3.12. The Morgan fingerprint density at radius 3 is 2.72 bits per heavy atom. The van der Waals surface area contributed by atoms with Gasteiger partial charge in [0.15, 0.2) is 0 Å². The number of aromatic nitrogens is 1. The zero-order valence-electron chi connectivity index (χ0n) is 9.84. The van der Waals surface area contributed by atoms with Crippen molar-refractivity contribution in [2.24, 2.45) is 5.84 Å². The second-order valence-corrected chi connectivity index (χ2v) is 5.46. The maximum Gasteiger partial charge on any atom is 0.240 e. The van der Waals surface area contributed by atoms with E-state index in [1.807, 2.05) is 0 Å². The number of fused-ring (bicyclic) bond motifs is 1. The molecule has 0 atom stereocenters. The molecular formula is C11H14N4O2S. The van der Waals surface area contributed by atoms with Gasteiger partial charge in [-0.3, -0.25) is 0 Å². The van der Waals surface area contributed by atoms with Gasteiger partial charge in [-0.05, 0) is 30.3 Å². The number of hydrogen-bond donors (Lipinski definition) is 3. The Bertz CT molecular complexity index is 670. The lowest BCUT2D eigenvalue weighted by Crippen LogP contribution is -2.23. The minimum Gasteiger partial charge on any atom is -0.308 e. The van der Waals surface area contributed by atoms with Crippen molar-refractivity contribution in [2.45, 2.75) is 11.8 Å². The van der Waals surface area contributed by atoms with Gasteiger partial charge in [-0.25, -0.2) is 24.0 Å². The first-order valence-corrected chi connectivity index (χ1v) is 6.92. The number of nitrogens with zero attached hydrogens (tertiary/aromatic N) is 1. The Morgan fingerprint density at radius 1 is 1.28 bits per heavy atom. The molecule has 96 valence electrons. The molecule has 1 heterocycles.